The van der Waals surface area contributed by atoms with Crippen molar-refractivity contribution in [3.8, 4) is 11.5 Å². The van der Waals surface area contributed by atoms with Crippen LogP contribution in [-0.4, -0.2) is 40.9 Å². The van der Waals surface area contributed by atoms with Crippen LogP contribution in [0.3, 0.4) is 0 Å². The predicted molar refractivity (Wildman–Crippen MR) is 80.8 cm³/mol. The van der Waals surface area contributed by atoms with Gasteiger partial charge >= 0.3 is 0 Å². The fraction of sp³-hybridized carbons (Fsp3) is 0.500. The molecule has 112 valence electrons. The van der Waals surface area contributed by atoms with Gasteiger partial charge in [0, 0.05) is 10.7 Å². The SMILES string of the molecule is Brc1ccc(-c2noc(CCOC3CCNCC3)n2)nc1. The zero-order valence-electron chi connectivity index (χ0n) is 11.6. The van der Waals surface area contributed by atoms with Crippen molar-refractivity contribution in [3.05, 3.63) is 28.7 Å². The number of hydrogen-bond donors (Lipinski definition) is 1. The number of halogens is 1. The van der Waals surface area contributed by atoms with E-state index < -0.39 is 0 Å². The first kappa shape index (κ1) is 14.6. The number of hydrogen-bond acceptors (Lipinski definition) is 6. The summed E-state index contributed by atoms with van der Waals surface area (Å²) in [5.41, 5.74) is 0.701. The van der Waals surface area contributed by atoms with Crippen molar-refractivity contribution >= 4 is 15.9 Å². The fourth-order valence-electron chi connectivity index (χ4n) is 2.24. The average molecular weight is 353 g/mol. The van der Waals surface area contributed by atoms with E-state index in [0.717, 1.165) is 30.4 Å². The molecule has 1 aliphatic heterocycles. The molecule has 0 saturated carbocycles. The van der Waals surface area contributed by atoms with Crippen molar-refractivity contribution in [2.75, 3.05) is 19.7 Å². The second kappa shape index (κ2) is 7.11. The summed E-state index contributed by atoms with van der Waals surface area (Å²) >= 11 is 3.35. The summed E-state index contributed by atoms with van der Waals surface area (Å²) in [6.07, 6.45) is 4.83. The van der Waals surface area contributed by atoms with Crippen molar-refractivity contribution < 1.29 is 9.26 Å². The van der Waals surface area contributed by atoms with Crippen LogP contribution < -0.4 is 5.32 Å². The van der Waals surface area contributed by atoms with Gasteiger partial charge in [0.2, 0.25) is 11.7 Å². The van der Waals surface area contributed by atoms with E-state index in [1.807, 2.05) is 12.1 Å². The lowest BCUT2D eigenvalue weighted by molar-refractivity contribution is 0.0322. The number of nitrogens with one attached hydrogen (secondary N) is 1. The quantitative estimate of drug-likeness (QED) is 0.889. The Balaban J connectivity index is 1.51. The van der Waals surface area contributed by atoms with Gasteiger partial charge < -0.3 is 14.6 Å². The summed E-state index contributed by atoms with van der Waals surface area (Å²) in [7, 11) is 0. The zero-order chi connectivity index (χ0) is 14.5. The third-order valence-electron chi connectivity index (χ3n) is 3.38. The highest BCUT2D eigenvalue weighted by atomic mass is 79.9. The molecule has 2 aromatic rings. The molecule has 0 radical (unpaired) electrons. The lowest BCUT2D eigenvalue weighted by atomic mass is 10.1. The highest BCUT2D eigenvalue weighted by Gasteiger charge is 2.14. The Labute approximate surface area is 131 Å². The van der Waals surface area contributed by atoms with Crippen molar-refractivity contribution in [3.63, 3.8) is 0 Å². The number of nitrogens with zero attached hydrogens (tertiary/aromatic N) is 3. The van der Waals surface area contributed by atoms with Gasteiger partial charge in [-0.25, -0.2) is 0 Å². The summed E-state index contributed by atoms with van der Waals surface area (Å²) in [4.78, 5) is 8.59. The highest BCUT2D eigenvalue weighted by molar-refractivity contribution is 9.10. The van der Waals surface area contributed by atoms with Crippen LogP contribution in [0, 0.1) is 0 Å². The van der Waals surface area contributed by atoms with E-state index in [0.29, 0.717) is 36.5 Å². The Morgan fingerprint density at radius 1 is 1.33 bits per heavy atom. The molecular weight excluding hydrogens is 336 g/mol. The number of rotatable bonds is 5. The number of ether oxygens (including phenoxy) is 1. The Bertz CT molecular complexity index is 567. The average Bonchev–Trinajstić information content (AvgIpc) is 2.98. The molecule has 0 aliphatic carbocycles. The van der Waals surface area contributed by atoms with E-state index in [-0.39, 0.29) is 0 Å². The lowest BCUT2D eigenvalue weighted by Gasteiger charge is -2.22. The van der Waals surface area contributed by atoms with Gasteiger partial charge in [-0.1, -0.05) is 5.16 Å². The van der Waals surface area contributed by atoms with Crippen LogP contribution in [0.15, 0.2) is 27.3 Å². The van der Waals surface area contributed by atoms with Gasteiger partial charge in [-0.15, -0.1) is 0 Å². The maximum Gasteiger partial charge on any atom is 0.229 e. The largest absolute Gasteiger partial charge is 0.378 e. The van der Waals surface area contributed by atoms with E-state index in [1.165, 1.54) is 0 Å². The summed E-state index contributed by atoms with van der Waals surface area (Å²) in [6.45, 7) is 2.68. The zero-order valence-corrected chi connectivity index (χ0v) is 13.2. The van der Waals surface area contributed by atoms with Gasteiger partial charge in [-0.2, -0.15) is 4.98 Å². The molecule has 6 nitrogen and oxygen atoms in total. The molecule has 0 bridgehead atoms. The Kier molecular flexibility index (Phi) is 4.95. The van der Waals surface area contributed by atoms with Gasteiger partial charge in [-0.05, 0) is 54.0 Å². The molecule has 0 unspecified atom stereocenters. The number of aromatic nitrogens is 3. The molecule has 3 heterocycles. The smallest absolute Gasteiger partial charge is 0.229 e. The van der Waals surface area contributed by atoms with E-state index in [4.69, 9.17) is 9.26 Å². The van der Waals surface area contributed by atoms with Crippen LogP contribution in [0.1, 0.15) is 18.7 Å². The molecule has 1 aliphatic rings. The molecule has 1 N–H and O–H groups in total. The molecule has 0 aromatic carbocycles. The minimum atomic E-state index is 0.349. The van der Waals surface area contributed by atoms with Crippen LogP contribution in [0.5, 0.6) is 0 Å². The number of piperidine rings is 1. The molecule has 3 rings (SSSR count). The van der Waals surface area contributed by atoms with Crippen molar-refractivity contribution in [1.82, 2.24) is 20.4 Å². The summed E-state index contributed by atoms with van der Waals surface area (Å²) < 4.78 is 12.0. The Morgan fingerprint density at radius 2 is 2.19 bits per heavy atom. The minimum Gasteiger partial charge on any atom is -0.378 e. The molecule has 0 spiro atoms. The van der Waals surface area contributed by atoms with Crippen molar-refractivity contribution in [2.45, 2.75) is 25.4 Å². The first-order valence-electron chi connectivity index (χ1n) is 7.08. The third kappa shape index (κ3) is 4.09. The van der Waals surface area contributed by atoms with Crippen LogP contribution in [-0.2, 0) is 11.2 Å². The van der Waals surface area contributed by atoms with Gasteiger partial charge in [-0.3, -0.25) is 4.98 Å². The second-order valence-electron chi connectivity index (χ2n) is 4.94. The first-order valence-corrected chi connectivity index (χ1v) is 7.87. The van der Waals surface area contributed by atoms with Crippen LogP contribution in [0.25, 0.3) is 11.5 Å². The van der Waals surface area contributed by atoms with E-state index in [1.54, 1.807) is 6.20 Å². The normalized spacial score (nSPS) is 16.2. The van der Waals surface area contributed by atoms with Gasteiger partial charge in [0.25, 0.3) is 0 Å². The molecule has 1 saturated heterocycles. The summed E-state index contributed by atoms with van der Waals surface area (Å²) in [6, 6.07) is 3.75. The minimum absolute atomic E-state index is 0.349. The molecule has 7 heteroatoms. The molecular formula is C14H17BrN4O2. The lowest BCUT2D eigenvalue weighted by Crippen LogP contribution is -2.32. The summed E-state index contributed by atoms with van der Waals surface area (Å²) in [5, 5.41) is 7.27. The van der Waals surface area contributed by atoms with Gasteiger partial charge in [0.1, 0.15) is 5.69 Å². The van der Waals surface area contributed by atoms with E-state index in [9.17, 15) is 0 Å². The van der Waals surface area contributed by atoms with Crippen LogP contribution in [0.4, 0.5) is 0 Å². The van der Waals surface area contributed by atoms with Crippen LogP contribution >= 0.6 is 15.9 Å². The molecule has 1 fully saturated rings. The maximum atomic E-state index is 5.83. The monoisotopic (exact) mass is 352 g/mol. The first-order chi connectivity index (χ1) is 10.3. The highest BCUT2D eigenvalue weighted by Crippen LogP contribution is 2.16. The molecule has 0 amide bonds. The number of pyridine rings is 1. The third-order valence-corrected chi connectivity index (χ3v) is 3.85. The molecule has 2 aromatic heterocycles. The topological polar surface area (TPSA) is 73.1 Å². The summed E-state index contributed by atoms with van der Waals surface area (Å²) in [5.74, 6) is 1.10. The van der Waals surface area contributed by atoms with Gasteiger partial charge in [0.15, 0.2) is 0 Å². The van der Waals surface area contributed by atoms with Crippen molar-refractivity contribution in [2.24, 2.45) is 0 Å². The van der Waals surface area contributed by atoms with E-state index in [2.05, 4.69) is 36.4 Å². The fourth-order valence-corrected chi connectivity index (χ4v) is 2.48. The Hall–Kier alpha value is -1.31. The molecule has 0 atom stereocenters. The van der Waals surface area contributed by atoms with Crippen molar-refractivity contribution in [1.29, 1.82) is 0 Å². The predicted octanol–water partition coefficient (Wildman–Crippen LogP) is 2.21. The van der Waals surface area contributed by atoms with Crippen LogP contribution in [0.2, 0.25) is 0 Å². The standard InChI is InChI=1S/C14H17BrN4O2/c15-10-1-2-12(17-9-10)14-18-13(21-19-14)5-8-20-11-3-6-16-7-4-11/h1-2,9,11,16H,3-8H2. The van der Waals surface area contributed by atoms with Gasteiger partial charge in [0.05, 0.1) is 19.1 Å². The molecule has 21 heavy (non-hydrogen) atoms. The Morgan fingerprint density at radius 3 is 2.95 bits per heavy atom. The maximum absolute atomic E-state index is 5.83. The van der Waals surface area contributed by atoms with E-state index >= 15 is 0 Å². The second-order valence-corrected chi connectivity index (χ2v) is 5.86.